The Morgan fingerprint density at radius 3 is 2.44 bits per heavy atom. The Balaban J connectivity index is 2.52. The molecule has 0 saturated heterocycles. The average Bonchev–Trinajstić information content (AvgIpc) is 2.31. The molecule has 0 spiro atoms. The second kappa shape index (κ2) is 6.19. The van der Waals surface area contributed by atoms with Gasteiger partial charge in [-0.15, -0.1) is 0 Å². The number of hydrogen-bond acceptors (Lipinski definition) is 4. The van der Waals surface area contributed by atoms with Crippen LogP contribution >= 0.6 is 0 Å². The van der Waals surface area contributed by atoms with E-state index in [2.05, 4.69) is 0 Å². The van der Waals surface area contributed by atoms with Gasteiger partial charge in [0.25, 0.3) is 5.69 Å². The fourth-order valence-electron chi connectivity index (χ4n) is 1.44. The molecule has 16 heavy (non-hydrogen) atoms. The van der Waals surface area contributed by atoms with E-state index < -0.39 is 4.92 Å². The second-order valence-corrected chi connectivity index (χ2v) is 3.75. The lowest BCUT2D eigenvalue weighted by Gasteiger charge is -2.10. The molecule has 0 amide bonds. The molecule has 88 valence electrons. The zero-order valence-corrected chi connectivity index (χ0v) is 9.00. The Hall–Kier alpha value is -1.46. The van der Waals surface area contributed by atoms with Gasteiger partial charge in [0.2, 0.25) is 0 Å². The van der Waals surface area contributed by atoms with Crippen molar-refractivity contribution >= 4 is 5.69 Å². The predicted octanol–water partition coefficient (Wildman–Crippen LogP) is 1.09. The number of aliphatic hydroxyl groups is 1. The summed E-state index contributed by atoms with van der Waals surface area (Å²) in [6.45, 7) is 0.549. The Kier molecular flexibility index (Phi) is 4.88. The molecule has 1 rings (SSSR count). The van der Waals surface area contributed by atoms with E-state index in [9.17, 15) is 10.1 Å². The standard InChI is InChI=1S/C11H16N2O3/c12-7-10(8-14)2-1-9-3-5-11(6-4-9)13(15)16/h3-6,10,14H,1-2,7-8,12H2. The number of hydrogen-bond donors (Lipinski definition) is 2. The van der Waals surface area contributed by atoms with Gasteiger partial charge in [-0.1, -0.05) is 12.1 Å². The maximum Gasteiger partial charge on any atom is 0.269 e. The number of non-ortho nitro benzene ring substituents is 1. The van der Waals surface area contributed by atoms with Crippen LogP contribution in [0.2, 0.25) is 0 Å². The highest BCUT2D eigenvalue weighted by Gasteiger charge is 2.07. The first-order valence-corrected chi connectivity index (χ1v) is 5.21. The monoisotopic (exact) mass is 224 g/mol. The predicted molar refractivity (Wildman–Crippen MR) is 61.0 cm³/mol. The Labute approximate surface area is 94.0 Å². The maximum atomic E-state index is 10.4. The van der Waals surface area contributed by atoms with Crippen molar-refractivity contribution in [2.45, 2.75) is 12.8 Å². The van der Waals surface area contributed by atoms with E-state index in [4.69, 9.17) is 10.8 Å². The summed E-state index contributed by atoms with van der Waals surface area (Å²) in [7, 11) is 0. The van der Waals surface area contributed by atoms with Crippen LogP contribution in [0.1, 0.15) is 12.0 Å². The quantitative estimate of drug-likeness (QED) is 0.559. The van der Waals surface area contributed by atoms with Gasteiger partial charge in [-0.2, -0.15) is 0 Å². The molecule has 0 heterocycles. The summed E-state index contributed by atoms with van der Waals surface area (Å²) >= 11 is 0. The van der Waals surface area contributed by atoms with E-state index in [0.29, 0.717) is 6.54 Å². The molecule has 5 heteroatoms. The summed E-state index contributed by atoms with van der Waals surface area (Å²) in [6.07, 6.45) is 1.57. The van der Waals surface area contributed by atoms with Crippen LogP contribution in [0, 0.1) is 16.0 Å². The minimum Gasteiger partial charge on any atom is -0.396 e. The van der Waals surface area contributed by atoms with Crippen molar-refractivity contribution in [3.05, 3.63) is 39.9 Å². The first-order chi connectivity index (χ1) is 7.67. The molecule has 0 aliphatic heterocycles. The van der Waals surface area contributed by atoms with Crippen LogP contribution in [0.15, 0.2) is 24.3 Å². The van der Waals surface area contributed by atoms with Gasteiger partial charge in [0, 0.05) is 18.7 Å². The second-order valence-electron chi connectivity index (χ2n) is 3.75. The van der Waals surface area contributed by atoms with E-state index in [0.717, 1.165) is 18.4 Å². The van der Waals surface area contributed by atoms with Gasteiger partial charge in [0.05, 0.1) is 4.92 Å². The molecule has 0 radical (unpaired) electrons. The molecule has 1 aromatic rings. The van der Waals surface area contributed by atoms with Crippen LogP contribution in [-0.4, -0.2) is 23.2 Å². The van der Waals surface area contributed by atoms with Gasteiger partial charge >= 0.3 is 0 Å². The van der Waals surface area contributed by atoms with Gasteiger partial charge in [-0.3, -0.25) is 10.1 Å². The average molecular weight is 224 g/mol. The Morgan fingerprint density at radius 1 is 1.38 bits per heavy atom. The van der Waals surface area contributed by atoms with Crippen LogP contribution in [0.3, 0.4) is 0 Å². The van der Waals surface area contributed by atoms with E-state index in [1.807, 2.05) is 0 Å². The third kappa shape index (κ3) is 3.60. The molecular weight excluding hydrogens is 208 g/mol. The zero-order chi connectivity index (χ0) is 12.0. The Bertz CT molecular complexity index is 334. The number of nitrogens with zero attached hydrogens (tertiary/aromatic N) is 1. The normalized spacial score (nSPS) is 12.4. The van der Waals surface area contributed by atoms with Crippen molar-refractivity contribution in [3.63, 3.8) is 0 Å². The highest BCUT2D eigenvalue weighted by molar-refractivity contribution is 5.32. The number of aliphatic hydroxyl groups excluding tert-OH is 1. The van der Waals surface area contributed by atoms with Crippen molar-refractivity contribution in [3.8, 4) is 0 Å². The third-order valence-electron chi connectivity index (χ3n) is 2.58. The van der Waals surface area contributed by atoms with E-state index >= 15 is 0 Å². The van der Waals surface area contributed by atoms with Crippen molar-refractivity contribution in [1.29, 1.82) is 0 Å². The molecule has 1 unspecified atom stereocenters. The van der Waals surface area contributed by atoms with Gasteiger partial charge in [0.1, 0.15) is 0 Å². The van der Waals surface area contributed by atoms with Crippen molar-refractivity contribution < 1.29 is 10.0 Å². The molecule has 0 bridgehead atoms. The van der Waals surface area contributed by atoms with Crippen LogP contribution in [0.5, 0.6) is 0 Å². The molecule has 0 saturated carbocycles. The van der Waals surface area contributed by atoms with Crippen molar-refractivity contribution in [2.75, 3.05) is 13.2 Å². The van der Waals surface area contributed by atoms with Crippen LogP contribution in [-0.2, 0) is 6.42 Å². The summed E-state index contributed by atoms with van der Waals surface area (Å²) in [4.78, 5) is 10.0. The minimum absolute atomic E-state index is 0.0868. The Morgan fingerprint density at radius 2 is 2.00 bits per heavy atom. The van der Waals surface area contributed by atoms with E-state index in [1.54, 1.807) is 12.1 Å². The van der Waals surface area contributed by atoms with Crippen molar-refractivity contribution in [2.24, 2.45) is 11.7 Å². The third-order valence-corrected chi connectivity index (χ3v) is 2.58. The summed E-state index contributed by atoms with van der Waals surface area (Å²) < 4.78 is 0. The lowest BCUT2D eigenvalue weighted by Crippen LogP contribution is -2.18. The van der Waals surface area contributed by atoms with Gasteiger partial charge in [-0.05, 0) is 30.9 Å². The van der Waals surface area contributed by atoms with Crippen molar-refractivity contribution in [1.82, 2.24) is 0 Å². The highest BCUT2D eigenvalue weighted by atomic mass is 16.6. The van der Waals surface area contributed by atoms with Gasteiger partial charge in [-0.25, -0.2) is 0 Å². The largest absolute Gasteiger partial charge is 0.396 e. The summed E-state index contributed by atoms with van der Waals surface area (Å²) in [5, 5.41) is 19.4. The number of aryl methyl sites for hydroxylation is 1. The molecule has 5 nitrogen and oxygen atoms in total. The summed E-state index contributed by atoms with van der Waals surface area (Å²) in [5.74, 6) is 0.107. The molecular formula is C11H16N2O3. The fourth-order valence-corrected chi connectivity index (χ4v) is 1.44. The summed E-state index contributed by atoms with van der Waals surface area (Å²) in [5.41, 5.74) is 6.59. The number of nitrogens with two attached hydrogens (primary N) is 1. The van der Waals surface area contributed by atoms with Crippen LogP contribution < -0.4 is 5.73 Å². The number of rotatable bonds is 6. The highest BCUT2D eigenvalue weighted by Crippen LogP contribution is 2.14. The fraction of sp³-hybridized carbons (Fsp3) is 0.455. The molecule has 1 atom stereocenters. The number of benzene rings is 1. The number of nitro groups is 1. The smallest absolute Gasteiger partial charge is 0.269 e. The first kappa shape index (κ1) is 12.6. The van der Waals surface area contributed by atoms with E-state index in [-0.39, 0.29) is 18.2 Å². The topological polar surface area (TPSA) is 89.4 Å². The first-order valence-electron chi connectivity index (χ1n) is 5.21. The lowest BCUT2D eigenvalue weighted by molar-refractivity contribution is -0.384. The zero-order valence-electron chi connectivity index (χ0n) is 9.00. The molecule has 0 fully saturated rings. The lowest BCUT2D eigenvalue weighted by atomic mass is 10.0. The summed E-state index contributed by atoms with van der Waals surface area (Å²) in [6, 6.07) is 6.46. The number of nitro benzene ring substituents is 1. The molecule has 0 aliphatic rings. The maximum absolute atomic E-state index is 10.4. The minimum atomic E-state index is -0.416. The molecule has 0 aliphatic carbocycles. The molecule has 0 aromatic heterocycles. The van der Waals surface area contributed by atoms with Gasteiger partial charge < -0.3 is 10.8 Å². The molecule has 1 aromatic carbocycles. The SMILES string of the molecule is NCC(CO)CCc1ccc([N+](=O)[O-])cc1. The van der Waals surface area contributed by atoms with Crippen LogP contribution in [0.25, 0.3) is 0 Å². The van der Waals surface area contributed by atoms with Crippen LogP contribution in [0.4, 0.5) is 5.69 Å². The van der Waals surface area contributed by atoms with E-state index in [1.165, 1.54) is 12.1 Å². The molecule has 3 N–H and O–H groups in total. The van der Waals surface area contributed by atoms with Gasteiger partial charge in [0.15, 0.2) is 0 Å².